The molecule has 1 rings (SSSR count). The minimum atomic E-state index is -4.44. The predicted molar refractivity (Wildman–Crippen MR) is 62.3 cm³/mol. The summed E-state index contributed by atoms with van der Waals surface area (Å²) in [5.41, 5.74) is 1.04. The molecule has 0 heterocycles. The quantitative estimate of drug-likeness (QED) is 0.596. The summed E-state index contributed by atoms with van der Waals surface area (Å²) in [6, 6.07) is 6.89. The van der Waals surface area contributed by atoms with Crippen LogP contribution in [0, 0.1) is 0 Å². The third-order valence-electron chi connectivity index (χ3n) is 2.19. The SMILES string of the molecule is CCCCCc1cccc(OP(=O)(O)O)c1. The van der Waals surface area contributed by atoms with Gasteiger partial charge in [0.05, 0.1) is 0 Å². The maximum Gasteiger partial charge on any atom is 0.524 e. The Kier molecular flexibility index (Phi) is 5.00. The molecule has 0 unspecified atom stereocenters. The summed E-state index contributed by atoms with van der Waals surface area (Å²) in [5.74, 6) is 0.224. The number of phosphoric acid groups is 1. The van der Waals surface area contributed by atoms with E-state index in [1.54, 1.807) is 18.2 Å². The van der Waals surface area contributed by atoms with Crippen LogP contribution in [-0.4, -0.2) is 9.79 Å². The van der Waals surface area contributed by atoms with Crippen LogP contribution in [0.3, 0.4) is 0 Å². The summed E-state index contributed by atoms with van der Waals surface area (Å²) < 4.78 is 15.2. The summed E-state index contributed by atoms with van der Waals surface area (Å²) in [7, 11) is -4.44. The van der Waals surface area contributed by atoms with Crippen molar-refractivity contribution in [2.24, 2.45) is 0 Å². The second-order valence-corrected chi connectivity index (χ2v) is 4.85. The van der Waals surface area contributed by atoms with Crippen molar-refractivity contribution < 1.29 is 18.9 Å². The van der Waals surface area contributed by atoms with Gasteiger partial charge >= 0.3 is 7.82 Å². The molecular weight excluding hydrogens is 227 g/mol. The van der Waals surface area contributed by atoms with Gasteiger partial charge in [-0.25, -0.2) is 4.57 Å². The van der Waals surface area contributed by atoms with Crippen LogP contribution in [0.1, 0.15) is 31.7 Å². The number of hydrogen-bond donors (Lipinski definition) is 2. The third kappa shape index (κ3) is 5.31. The van der Waals surface area contributed by atoms with E-state index in [2.05, 4.69) is 11.4 Å². The van der Waals surface area contributed by atoms with Crippen LogP contribution in [0.25, 0.3) is 0 Å². The fourth-order valence-electron chi connectivity index (χ4n) is 1.47. The smallest absolute Gasteiger partial charge is 0.404 e. The molecule has 0 spiro atoms. The van der Waals surface area contributed by atoms with E-state index in [9.17, 15) is 4.57 Å². The highest BCUT2D eigenvalue weighted by molar-refractivity contribution is 7.46. The number of benzene rings is 1. The van der Waals surface area contributed by atoms with Crippen LogP contribution in [0.2, 0.25) is 0 Å². The number of aryl methyl sites for hydroxylation is 1. The van der Waals surface area contributed by atoms with Gasteiger partial charge < -0.3 is 4.52 Å². The fraction of sp³-hybridized carbons (Fsp3) is 0.455. The molecule has 0 saturated carbocycles. The lowest BCUT2D eigenvalue weighted by atomic mass is 10.1. The maximum atomic E-state index is 10.6. The van der Waals surface area contributed by atoms with E-state index in [4.69, 9.17) is 9.79 Å². The summed E-state index contributed by atoms with van der Waals surface area (Å²) in [5, 5.41) is 0. The van der Waals surface area contributed by atoms with Gasteiger partial charge in [-0.15, -0.1) is 0 Å². The van der Waals surface area contributed by atoms with Crippen molar-refractivity contribution in [2.45, 2.75) is 32.6 Å². The Bertz CT molecular complexity index is 372. The van der Waals surface area contributed by atoms with Crippen LogP contribution in [0.15, 0.2) is 24.3 Å². The van der Waals surface area contributed by atoms with E-state index in [1.807, 2.05) is 6.07 Å². The largest absolute Gasteiger partial charge is 0.524 e. The first-order valence-electron chi connectivity index (χ1n) is 5.35. The normalized spacial score (nSPS) is 11.4. The first-order valence-corrected chi connectivity index (χ1v) is 6.88. The van der Waals surface area contributed by atoms with Crippen LogP contribution < -0.4 is 4.52 Å². The van der Waals surface area contributed by atoms with Crippen molar-refractivity contribution in [2.75, 3.05) is 0 Å². The highest BCUT2D eigenvalue weighted by atomic mass is 31.2. The zero-order valence-corrected chi connectivity index (χ0v) is 10.2. The number of hydrogen-bond acceptors (Lipinski definition) is 2. The monoisotopic (exact) mass is 244 g/mol. The summed E-state index contributed by atoms with van der Waals surface area (Å²) in [6.07, 6.45) is 4.30. The first-order chi connectivity index (χ1) is 7.51. The zero-order valence-electron chi connectivity index (χ0n) is 9.30. The Morgan fingerprint density at radius 1 is 1.31 bits per heavy atom. The zero-order chi connectivity index (χ0) is 12.0. The van der Waals surface area contributed by atoms with E-state index in [-0.39, 0.29) is 5.75 Å². The highest BCUT2D eigenvalue weighted by Gasteiger charge is 2.15. The van der Waals surface area contributed by atoms with Crippen molar-refractivity contribution in [1.29, 1.82) is 0 Å². The molecule has 0 atom stereocenters. The van der Waals surface area contributed by atoms with Gasteiger partial charge in [0.25, 0.3) is 0 Å². The lowest BCUT2D eigenvalue weighted by molar-refractivity contribution is 0.283. The predicted octanol–water partition coefficient (Wildman–Crippen LogP) is 2.89. The molecule has 4 nitrogen and oxygen atoms in total. The summed E-state index contributed by atoms with van der Waals surface area (Å²) in [4.78, 5) is 17.3. The maximum absolute atomic E-state index is 10.6. The van der Waals surface area contributed by atoms with Gasteiger partial charge in [-0.05, 0) is 30.5 Å². The molecule has 0 aromatic heterocycles. The molecular formula is C11H17O4P. The van der Waals surface area contributed by atoms with Gasteiger partial charge in [0, 0.05) is 0 Å². The molecule has 90 valence electrons. The van der Waals surface area contributed by atoms with E-state index in [0.717, 1.165) is 31.2 Å². The molecule has 0 aliphatic carbocycles. The van der Waals surface area contributed by atoms with Gasteiger partial charge in [0.2, 0.25) is 0 Å². The van der Waals surface area contributed by atoms with Crippen molar-refractivity contribution in [3.63, 3.8) is 0 Å². The molecule has 0 aliphatic rings. The van der Waals surface area contributed by atoms with E-state index < -0.39 is 7.82 Å². The number of rotatable bonds is 6. The average molecular weight is 244 g/mol. The van der Waals surface area contributed by atoms with Crippen LogP contribution >= 0.6 is 7.82 Å². The Morgan fingerprint density at radius 3 is 2.69 bits per heavy atom. The molecule has 16 heavy (non-hydrogen) atoms. The molecule has 2 N–H and O–H groups in total. The van der Waals surface area contributed by atoms with Gasteiger partial charge in [-0.3, -0.25) is 9.79 Å². The van der Waals surface area contributed by atoms with Crippen molar-refractivity contribution in [3.05, 3.63) is 29.8 Å². The second kappa shape index (κ2) is 6.04. The Labute approximate surface area is 95.5 Å². The first kappa shape index (κ1) is 13.2. The highest BCUT2D eigenvalue weighted by Crippen LogP contribution is 2.37. The molecule has 0 amide bonds. The van der Waals surface area contributed by atoms with Crippen molar-refractivity contribution in [1.82, 2.24) is 0 Å². The third-order valence-corrected chi connectivity index (χ3v) is 2.64. The molecule has 5 heteroatoms. The molecule has 1 aromatic carbocycles. The van der Waals surface area contributed by atoms with Crippen LogP contribution in [0.5, 0.6) is 5.75 Å². The van der Waals surface area contributed by atoms with Gasteiger partial charge in [-0.1, -0.05) is 31.9 Å². The lowest BCUT2D eigenvalue weighted by Crippen LogP contribution is -1.92. The van der Waals surface area contributed by atoms with Crippen LogP contribution in [0.4, 0.5) is 0 Å². The molecule has 0 fully saturated rings. The van der Waals surface area contributed by atoms with E-state index >= 15 is 0 Å². The summed E-state index contributed by atoms with van der Waals surface area (Å²) >= 11 is 0. The Morgan fingerprint density at radius 2 is 2.06 bits per heavy atom. The Hall–Kier alpha value is -0.830. The molecule has 0 bridgehead atoms. The second-order valence-electron chi connectivity index (χ2n) is 3.69. The molecule has 1 aromatic rings. The number of phosphoric ester groups is 1. The molecule has 0 radical (unpaired) electrons. The molecule has 0 aliphatic heterocycles. The van der Waals surface area contributed by atoms with E-state index in [0.29, 0.717) is 0 Å². The Balaban J connectivity index is 2.60. The van der Waals surface area contributed by atoms with Gasteiger partial charge in [0.15, 0.2) is 0 Å². The van der Waals surface area contributed by atoms with Crippen molar-refractivity contribution in [3.8, 4) is 5.75 Å². The minimum Gasteiger partial charge on any atom is -0.404 e. The topological polar surface area (TPSA) is 66.8 Å². The molecule has 0 saturated heterocycles. The lowest BCUT2D eigenvalue weighted by Gasteiger charge is -2.08. The minimum absolute atomic E-state index is 0.224. The standard InChI is InChI=1S/C11H17O4P/c1-2-3-4-6-10-7-5-8-11(9-10)15-16(12,13)14/h5,7-9H,2-4,6H2,1H3,(H2,12,13,14). The number of unbranched alkanes of at least 4 members (excludes halogenated alkanes) is 2. The van der Waals surface area contributed by atoms with Gasteiger partial charge in [0.1, 0.15) is 5.75 Å². The van der Waals surface area contributed by atoms with Crippen molar-refractivity contribution >= 4 is 7.82 Å². The summed E-state index contributed by atoms with van der Waals surface area (Å²) in [6.45, 7) is 2.13. The fourth-order valence-corrected chi connectivity index (χ4v) is 1.86. The average Bonchev–Trinajstić information content (AvgIpc) is 2.16. The van der Waals surface area contributed by atoms with Gasteiger partial charge in [-0.2, -0.15) is 0 Å². The van der Waals surface area contributed by atoms with E-state index in [1.165, 1.54) is 0 Å². The van der Waals surface area contributed by atoms with Crippen LogP contribution in [-0.2, 0) is 11.0 Å².